The molecule has 5 heteroatoms. The molecule has 2 N–H and O–H groups in total. The number of rotatable bonds is 8. The summed E-state index contributed by atoms with van der Waals surface area (Å²) in [6.45, 7) is 3.36. The van der Waals surface area contributed by atoms with Crippen LogP contribution < -0.4 is 10.6 Å². The predicted molar refractivity (Wildman–Crippen MR) is 56.3 cm³/mol. The van der Waals surface area contributed by atoms with Crippen molar-refractivity contribution < 1.29 is 9.53 Å². The van der Waals surface area contributed by atoms with Crippen LogP contribution in [0.3, 0.4) is 0 Å². The number of amides is 1. The zero-order valence-electron chi connectivity index (χ0n) is 9.30. The van der Waals surface area contributed by atoms with Crippen molar-refractivity contribution in [1.82, 2.24) is 15.5 Å². The van der Waals surface area contributed by atoms with Crippen LogP contribution in [0, 0.1) is 0 Å². The van der Waals surface area contributed by atoms with Crippen LogP contribution in [-0.4, -0.2) is 64.8 Å². The molecule has 0 heterocycles. The first-order valence-corrected chi connectivity index (χ1v) is 4.80. The van der Waals surface area contributed by atoms with Gasteiger partial charge in [0.1, 0.15) is 0 Å². The molecular weight excluding hydrogens is 182 g/mol. The summed E-state index contributed by atoms with van der Waals surface area (Å²) in [5.74, 6) is -0.00158. The van der Waals surface area contributed by atoms with E-state index in [0.29, 0.717) is 19.7 Å². The second kappa shape index (κ2) is 8.93. The van der Waals surface area contributed by atoms with E-state index in [9.17, 15) is 4.79 Å². The van der Waals surface area contributed by atoms with Crippen LogP contribution in [0.15, 0.2) is 0 Å². The minimum Gasteiger partial charge on any atom is -0.379 e. The van der Waals surface area contributed by atoms with E-state index in [1.165, 1.54) is 0 Å². The maximum atomic E-state index is 10.8. The van der Waals surface area contributed by atoms with Gasteiger partial charge in [-0.1, -0.05) is 0 Å². The minimum absolute atomic E-state index is 0.00158. The van der Waals surface area contributed by atoms with Gasteiger partial charge in [0.15, 0.2) is 0 Å². The van der Waals surface area contributed by atoms with E-state index >= 15 is 0 Å². The Bertz CT molecular complexity index is 151. The number of likely N-dealkylation sites (N-methyl/N-ethyl adjacent to an activating group) is 2. The Hall–Kier alpha value is -0.650. The maximum absolute atomic E-state index is 10.8. The molecule has 0 saturated heterocycles. The van der Waals surface area contributed by atoms with Gasteiger partial charge < -0.3 is 20.3 Å². The number of carbonyl (C=O) groups excluding carboxylic acids is 1. The fourth-order valence-electron chi connectivity index (χ4n) is 0.784. The van der Waals surface area contributed by atoms with Gasteiger partial charge in [0, 0.05) is 20.1 Å². The highest BCUT2D eigenvalue weighted by Gasteiger charge is 1.95. The van der Waals surface area contributed by atoms with Crippen molar-refractivity contribution in [1.29, 1.82) is 0 Å². The standard InChI is InChI=1S/C9H21N3O2/c1-10-9(13)8-11-4-6-14-7-5-12(2)3/h11H,4-8H2,1-3H3,(H,10,13). The van der Waals surface area contributed by atoms with Crippen molar-refractivity contribution >= 4 is 5.91 Å². The molecular formula is C9H21N3O2. The lowest BCUT2D eigenvalue weighted by atomic mass is 10.5. The van der Waals surface area contributed by atoms with Gasteiger partial charge in [0.05, 0.1) is 19.8 Å². The van der Waals surface area contributed by atoms with Crippen LogP contribution in [-0.2, 0) is 9.53 Å². The molecule has 0 radical (unpaired) electrons. The van der Waals surface area contributed by atoms with E-state index in [1.807, 2.05) is 14.1 Å². The number of ether oxygens (including phenoxy) is 1. The topological polar surface area (TPSA) is 53.6 Å². The van der Waals surface area contributed by atoms with Gasteiger partial charge in [-0.05, 0) is 14.1 Å². The van der Waals surface area contributed by atoms with Gasteiger partial charge in [-0.25, -0.2) is 0 Å². The Labute approximate surface area is 85.8 Å². The fourth-order valence-corrected chi connectivity index (χ4v) is 0.784. The Balaban J connectivity index is 3.03. The number of hydrogen-bond donors (Lipinski definition) is 2. The molecule has 1 amide bonds. The van der Waals surface area contributed by atoms with Crippen LogP contribution in [0.25, 0.3) is 0 Å². The third-order valence-corrected chi connectivity index (χ3v) is 1.67. The lowest BCUT2D eigenvalue weighted by molar-refractivity contribution is -0.119. The van der Waals surface area contributed by atoms with E-state index in [-0.39, 0.29) is 5.91 Å². The van der Waals surface area contributed by atoms with Crippen LogP contribution in [0.5, 0.6) is 0 Å². The monoisotopic (exact) mass is 203 g/mol. The Morgan fingerprint density at radius 2 is 2.07 bits per heavy atom. The normalized spacial score (nSPS) is 10.6. The van der Waals surface area contributed by atoms with Gasteiger partial charge in [0.25, 0.3) is 0 Å². The van der Waals surface area contributed by atoms with Gasteiger partial charge in [-0.2, -0.15) is 0 Å². The Kier molecular flexibility index (Phi) is 8.51. The molecule has 0 aromatic rings. The van der Waals surface area contributed by atoms with Crippen LogP contribution in [0.2, 0.25) is 0 Å². The lowest BCUT2D eigenvalue weighted by Gasteiger charge is -2.09. The van der Waals surface area contributed by atoms with Crippen LogP contribution >= 0.6 is 0 Å². The molecule has 0 fully saturated rings. The van der Waals surface area contributed by atoms with Crippen molar-refractivity contribution in [2.75, 3.05) is 54.0 Å². The molecule has 0 rings (SSSR count). The van der Waals surface area contributed by atoms with Gasteiger partial charge in [-0.3, -0.25) is 4.79 Å². The summed E-state index contributed by atoms with van der Waals surface area (Å²) in [4.78, 5) is 12.8. The second-order valence-electron chi connectivity index (χ2n) is 3.27. The van der Waals surface area contributed by atoms with Crippen molar-refractivity contribution in [3.05, 3.63) is 0 Å². The van der Waals surface area contributed by atoms with Gasteiger partial charge >= 0.3 is 0 Å². The van der Waals surface area contributed by atoms with Crippen LogP contribution in [0.1, 0.15) is 0 Å². The summed E-state index contributed by atoms with van der Waals surface area (Å²) in [6, 6.07) is 0. The molecule has 14 heavy (non-hydrogen) atoms. The van der Waals surface area contributed by atoms with E-state index < -0.39 is 0 Å². The molecule has 0 saturated carbocycles. The van der Waals surface area contributed by atoms with Crippen molar-refractivity contribution in [3.63, 3.8) is 0 Å². The SMILES string of the molecule is CNC(=O)CNCCOCCN(C)C. The van der Waals surface area contributed by atoms with Gasteiger partial charge in [-0.15, -0.1) is 0 Å². The molecule has 0 unspecified atom stereocenters. The average Bonchev–Trinajstić information content (AvgIpc) is 2.15. The predicted octanol–water partition coefficient (Wildman–Crippen LogP) is -1.10. The molecule has 84 valence electrons. The maximum Gasteiger partial charge on any atom is 0.233 e. The fraction of sp³-hybridized carbons (Fsp3) is 0.889. The Morgan fingerprint density at radius 1 is 1.36 bits per heavy atom. The van der Waals surface area contributed by atoms with E-state index in [2.05, 4.69) is 15.5 Å². The molecule has 0 bridgehead atoms. The molecule has 0 atom stereocenters. The smallest absolute Gasteiger partial charge is 0.233 e. The highest BCUT2D eigenvalue weighted by Crippen LogP contribution is 1.77. The zero-order valence-corrected chi connectivity index (χ0v) is 9.30. The quantitative estimate of drug-likeness (QED) is 0.492. The summed E-state index contributed by atoms with van der Waals surface area (Å²) >= 11 is 0. The molecule has 0 aliphatic carbocycles. The van der Waals surface area contributed by atoms with Crippen LogP contribution in [0.4, 0.5) is 0 Å². The second-order valence-corrected chi connectivity index (χ2v) is 3.27. The highest BCUT2D eigenvalue weighted by molar-refractivity contribution is 5.77. The van der Waals surface area contributed by atoms with Gasteiger partial charge in [0.2, 0.25) is 5.91 Å². The summed E-state index contributed by atoms with van der Waals surface area (Å²) in [7, 11) is 5.64. The first-order chi connectivity index (χ1) is 6.66. The number of hydrogen-bond acceptors (Lipinski definition) is 4. The minimum atomic E-state index is -0.00158. The zero-order chi connectivity index (χ0) is 10.8. The number of nitrogens with zero attached hydrogens (tertiary/aromatic N) is 1. The molecule has 0 aromatic carbocycles. The third kappa shape index (κ3) is 9.44. The highest BCUT2D eigenvalue weighted by atomic mass is 16.5. The van der Waals surface area contributed by atoms with E-state index in [0.717, 1.165) is 13.2 Å². The van der Waals surface area contributed by atoms with E-state index in [4.69, 9.17) is 4.74 Å². The lowest BCUT2D eigenvalue weighted by Crippen LogP contribution is -2.33. The first-order valence-electron chi connectivity index (χ1n) is 4.80. The summed E-state index contributed by atoms with van der Waals surface area (Å²) in [5, 5.41) is 5.51. The largest absolute Gasteiger partial charge is 0.379 e. The molecule has 5 nitrogen and oxygen atoms in total. The molecule has 0 aromatic heterocycles. The number of carbonyl (C=O) groups is 1. The van der Waals surface area contributed by atoms with E-state index in [1.54, 1.807) is 7.05 Å². The summed E-state index contributed by atoms with van der Waals surface area (Å²) < 4.78 is 5.32. The van der Waals surface area contributed by atoms with Crippen molar-refractivity contribution in [2.24, 2.45) is 0 Å². The first kappa shape index (κ1) is 13.4. The summed E-state index contributed by atoms with van der Waals surface area (Å²) in [6.07, 6.45) is 0. The molecule has 0 aliphatic rings. The summed E-state index contributed by atoms with van der Waals surface area (Å²) in [5.41, 5.74) is 0. The van der Waals surface area contributed by atoms with Crippen molar-refractivity contribution in [2.45, 2.75) is 0 Å². The van der Waals surface area contributed by atoms with Crippen molar-refractivity contribution in [3.8, 4) is 0 Å². The molecule has 0 aliphatic heterocycles. The average molecular weight is 203 g/mol. The number of nitrogens with one attached hydrogen (secondary N) is 2. The molecule has 0 spiro atoms. The Morgan fingerprint density at radius 3 is 2.64 bits per heavy atom. The third-order valence-electron chi connectivity index (χ3n) is 1.67.